The Morgan fingerprint density at radius 3 is 2.95 bits per heavy atom. The third-order valence-corrected chi connectivity index (χ3v) is 4.30. The molecule has 0 radical (unpaired) electrons. The summed E-state index contributed by atoms with van der Waals surface area (Å²) in [6, 6.07) is 0. The Bertz CT molecular complexity index is 546. The van der Waals surface area contributed by atoms with Crippen molar-refractivity contribution in [3.05, 3.63) is 23.3 Å². The van der Waals surface area contributed by atoms with E-state index in [1.807, 2.05) is 10.8 Å². The highest BCUT2D eigenvalue weighted by molar-refractivity contribution is 7.71. The van der Waals surface area contributed by atoms with Gasteiger partial charge in [-0.25, -0.2) is 4.68 Å². The fourth-order valence-electron chi connectivity index (χ4n) is 2.70. The molecule has 20 heavy (non-hydrogen) atoms. The van der Waals surface area contributed by atoms with Crippen molar-refractivity contribution in [3.63, 3.8) is 0 Å². The fraction of sp³-hybridized carbons (Fsp3) is 0.714. The molecule has 2 aliphatic rings. The van der Waals surface area contributed by atoms with Crippen LogP contribution >= 0.6 is 12.2 Å². The van der Waals surface area contributed by atoms with Crippen LogP contribution in [0.3, 0.4) is 0 Å². The Kier molecular flexibility index (Phi) is 4.05. The van der Waals surface area contributed by atoms with Crippen molar-refractivity contribution < 1.29 is 4.74 Å². The molecule has 2 heterocycles. The van der Waals surface area contributed by atoms with Gasteiger partial charge >= 0.3 is 0 Å². The average molecular weight is 294 g/mol. The summed E-state index contributed by atoms with van der Waals surface area (Å²) in [6.45, 7) is 10.1. The van der Waals surface area contributed by atoms with Crippen LogP contribution in [-0.2, 0) is 18.0 Å². The molecular weight excluding hydrogens is 272 g/mol. The van der Waals surface area contributed by atoms with Crippen LogP contribution < -0.4 is 0 Å². The molecule has 0 amide bonds. The van der Waals surface area contributed by atoms with Crippen LogP contribution in [0.25, 0.3) is 0 Å². The van der Waals surface area contributed by atoms with Crippen LogP contribution in [0.5, 0.6) is 0 Å². The molecule has 2 fully saturated rings. The van der Waals surface area contributed by atoms with Crippen molar-refractivity contribution >= 4 is 12.2 Å². The minimum Gasteiger partial charge on any atom is -0.376 e. The number of rotatable bonds is 5. The largest absolute Gasteiger partial charge is 0.376 e. The van der Waals surface area contributed by atoms with Gasteiger partial charge in [0.05, 0.1) is 19.4 Å². The smallest absolute Gasteiger partial charge is 0.199 e. The van der Waals surface area contributed by atoms with E-state index < -0.39 is 0 Å². The van der Waals surface area contributed by atoms with Gasteiger partial charge in [-0.15, -0.1) is 6.58 Å². The number of hydrogen-bond acceptors (Lipinski definition) is 4. The summed E-state index contributed by atoms with van der Waals surface area (Å²) in [5.74, 6) is 1.73. The van der Waals surface area contributed by atoms with E-state index >= 15 is 0 Å². The van der Waals surface area contributed by atoms with Gasteiger partial charge in [0.25, 0.3) is 0 Å². The van der Waals surface area contributed by atoms with Gasteiger partial charge in [0.15, 0.2) is 4.77 Å². The second-order valence-electron chi connectivity index (χ2n) is 5.71. The molecule has 5 nitrogen and oxygen atoms in total. The minimum absolute atomic E-state index is 0.288. The lowest BCUT2D eigenvalue weighted by atomic mass is 10.3. The van der Waals surface area contributed by atoms with Crippen LogP contribution in [0.15, 0.2) is 12.7 Å². The molecule has 0 aromatic carbocycles. The Hall–Kier alpha value is -0.980. The number of hydrogen-bond donors (Lipinski definition) is 0. The Balaban J connectivity index is 1.80. The third-order valence-electron chi connectivity index (χ3n) is 3.86. The monoisotopic (exact) mass is 294 g/mol. The zero-order chi connectivity index (χ0) is 14.1. The van der Waals surface area contributed by atoms with Gasteiger partial charge < -0.3 is 4.74 Å². The zero-order valence-electron chi connectivity index (χ0n) is 12.0. The molecule has 1 aliphatic heterocycles. The van der Waals surface area contributed by atoms with Gasteiger partial charge in [0, 0.05) is 25.6 Å². The number of allylic oxidation sites excluding steroid dienone is 1. The zero-order valence-corrected chi connectivity index (χ0v) is 12.8. The maximum atomic E-state index is 5.58. The normalized spacial score (nSPS) is 23.9. The van der Waals surface area contributed by atoms with Gasteiger partial charge in [-0.05, 0) is 32.0 Å². The van der Waals surface area contributed by atoms with E-state index in [4.69, 9.17) is 22.1 Å². The Morgan fingerprint density at radius 2 is 2.30 bits per heavy atom. The molecule has 0 bridgehead atoms. The summed E-state index contributed by atoms with van der Waals surface area (Å²) in [6.07, 6.45) is 4.65. The fourth-order valence-corrected chi connectivity index (χ4v) is 2.97. The predicted octanol–water partition coefficient (Wildman–Crippen LogP) is 2.16. The molecular formula is C14H22N4OS. The van der Waals surface area contributed by atoms with Gasteiger partial charge in [-0.1, -0.05) is 6.08 Å². The minimum atomic E-state index is 0.288. The van der Waals surface area contributed by atoms with E-state index in [1.165, 1.54) is 12.8 Å². The van der Waals surface area contributed by atoms with Crippen LogP contribution in [0.1, 0.15) is 31.5 Å². The van der Waals surface area contributed by atoms with E-state index in [2.05, 4.69) is 23.0 Å². The third kappa shape index (κ3) is 2.87. The van der Waals surface area contributed by atoms with Crippen LogP contribution in [-0.4, -0.2) is 45.0 Å². The van der Waals surface area contributed by atoms with Crippen molar-refractivity contribution in [2.45, 2.75) is 45.0 Å². The number of aromatic nitrogens is 3. The summed E-state index contributed by atoms with van der Waals surface area (Å²) < 4.78 is 10.5. The lowest BCUT2D eigenvalue weighted by molar-refractivity contribution is -0.0307. The first-order valence-corrected chi connectivity index (χ1v) is 7.72. The first kappa shape index (κ1) is 14.0. The molecule has 1 aromatic rings. The standard InChI is InChI=1S/C14H22N4OS/c1-3-6-17-13(12-4-5-12)15-18(14(17)20)10-16-7-8-19-11(2)9-16/h3,11-12H,1,4-10H2,2H3. The highest BCUT2D eigenvalue weighted by Gasteiger charge is 2.30. The van der Waals surface area contributed by atoms with Crippen molar-refractivity contribution in [3.8, 4) is 0 Å². The lowest BCUT2D eigenvalue weighted by Crippen LogP contribution is -2.42. The van der Waals surface area contributed by atoms with Gasteiger partial charge in [0.2, 0.25) is 0 Å². The molecule has 1 aliphatic carbocycles. The molecule has 6 heteroatoms. The van der Waals surface area contributed by atoms with Gasteiger partial charge in [0.1, 0.15) is 5.82 Å². The molecule has 1 aromatic heterocycles. The van der Waals surface area contributed by atoms with Crippen molar-refractivity contribution in [2.24, 2.45) is 0 Å². The average Bonchev–Trinajstić information content (AvgIpc) is 3.21. The molecule has 3 rings (SSSR count). The van der Waals surface area contributed by atoms with E-state index in [-0.39, 0.29) is 6.10 Å². The predicted molar refractivity (Wildman–Crippen MR) is 80.2 cm³/mol. The topological polar surface area (TPSA) is 35.2 Å². The highest BCUT2D eigenvalue weighted by atomic mass is 32.1. The van der Waals surface area contributed by atoms with Crippen LogP contribution in [0.2, 0.25) is 0 Å². The molecule has 1 saturated carbocycles. The summed E-state index contributed by atoms with van der Waals surface area (Å²) in [7, 11) is 0. The highest BCUT2D eigenvalue weighted by Crippen LogP contribution is 2.39. The van der Waals surface area contributed by atoms with Gasteiger partial charge in [-0.3, -0.25) is 9.47 Å². The first-order chi connectivity index (χ1) is 9.69. The van der Waals surface area contributed by atoms with Crippen molar-refractivity contribution in [1.82, 2.24) is 19.2 Å². The lowest BCUT2D eigenvalue weighted by Gasteiger charge is -2.30. The summed E-state index contributed by atoms with van der Waals surface area (Å²) in [4.78, 5) is 2.35. The summed E-state index contributed by atoms with van der Waals surface area (Å²) in [5.41, 5.74) is 0. The van der Waals surface area contributed by atoms with Crippen molar-refractivity contribution in [2.75, 3.05) is 19.7 Å². The maximum absolute atomic E-state index is 5.58. The molecule has 0 spiro atoms. The second kappa shape index (κ2) is 5.79. The van der Waals surface area contributed by atoms with Gasteiger partial charge in [-0.2, -0.15) is 5.10 Å². The van der Waals surface area contributed by atoms with E-state index in [1.54, 1.807) is 0 Å². The molecule has 1 unspecified atom stereocenters. The maximum Gasteiger partial charge on any atom is 0.199 e. The number of ether oxygens (including phenoxy) is 1. The summed E-state index contributed by atoms with van der Waals surface area (Å²) in [5, 5.41) is 4.75. The Morgan fingerprint density at radius 1 is 1.50 bits per heavy atom. The van der Waals surface area contributed by atoms with E-state index in [9.17, 15) is 0 Å². The number of nitrogens with zero attached hydrogens (tertiary/aromatic N) is 4. The van der Waals surface area contributed by atoms with Crippen LogP contribution in [0, 0.1) is 4.77 Å². The van der Waals surface area contributed by atoms with Crippen molar-refractivity contribution in [1.29, 1.82) is 0 Å². The quantitative estimate of drug-likeness (QED) is 0.616. The van der Waals surface area contributed by atoms with E-state index in [0.717, 1.165) is 43.5 Å². The molecule has 0 N–H and O–H groups in total. The SMILES string of the molecule is C=CCn1c(C2CC2)nn(CN2CCOC(C)C2)c1=S. The van der Waals surface area contributed by atoms with E-state index in [0.29, 0.717) is 5.92 Å². The van der Waals surface area contributed by atoms with Crippen LogP contribution in [0.4, 0.5) is 0 Å². The summed E-state index contributed by atoms with van der Waals surface area (Å²) >= 11 is 5.58. The molecule has 1 saturated heterocycles. The number of morpholine rings is 1. The second-order valence-corrected chi connectivity index (χ2v) is 6.08. The Labute approximate surface area is 124 Å². The molecule has 110 valence electrons. The molecule has 1 atom stereocenters. The first-order valence-electron chi connectivity index (χ1n) is 7.31.